The van der Waals surface area contributed by atoms with Crippen LogP contribution in [0.3, 0.4) is 0 Å². The van der Waals surface area contributed by atoms with Gasteiger partial charge in [0.05, 0.1) is 0 Å². The van der Waals surface area contributed by atoms with E-state index in [1.54, 1.807) is 0 Å². The van der Waals surface area contributed by atoms with Crippen molar-refractivity contribution in [3.8, 4) is 0 Å². The van der Waals surface area contributed by atoms with Crippen molar-refractivity contribution in [2.75, 3.05) is 0 Å². The summed E-state index contributed by atoms with van der Waals surface area (Å²) < 4.78 is 4.51. The standard InChI is InChI=1S/C2H2Cl3O.Ti/c3-1(4)2(5)6;/h1-2H;/q-1;+1. The first-order chi connectivity index (χ1) is 3.18. The fourth-order valence-electron chi connectivity index (χ4n) is 0.0514. The van der Waals surface area contributed by atoms with E-state index in [4.69, 9.17) is 34.8 Å². The molecule has 7 heavy (non-hydrogen) atoms. The van der Waals surface area contributed by atoms with Gasteiger partial charge in [-0.2, -0.15) is 0 Å². The molecule has 0 N–H and O–H groups in total. The first kappa shape index (κ1) is 8.54. The molecule has 0 heterocycles. The molecule has 1 atom stereocenters. The summed E-state index contributed by atoms with van der Waals surface area (Å²) in [7, 11) is 0. The third-order valence-electron chi connectivity index (χ3n) is 0.311. The Morgan fingerprint density at radius 2 is 1.71 bits per heavy atom. The van der Waals surface area contributed by atoms with Gasteiger partial charge in [0.15, 0.2) is 0 Å². The second-order valence-corrected chi connectivity index (χ2v) is 2.77. The van der Waals surface area contributed by atoms with Crippen LogP contribution in [0.2, 0.25) is 0 Å². The maximum absolute atomic E-state index is 5.31. The van der Waals surface area contributed by atoms with E-state index in [-0.39, 0.29) is 0 Å². The topological polar surface area (TPSA) is 9.23 Å². The molecule has 0 radical (unpaired) electrons. The van der Waals surface area contributed by atoms with Gasteiger partial charge in [-0.3, -0.25) is 0 Å². The van der Waals surface area contributed by atoms with E-state index in [1.165, 1.54) is 20.8 Å². The fraction of sp³-hybridized carbons (Fsp3) is 1.00. The van der Waals surface area contributed by atoms with Crippen molar-refractivity contribution in [3.63, 3.8) is 0 Å². The van der Waals surface area contributed by atoms with Crippen LogP contribution < -0.4 is 0 Å². The van der Waals surface area contributed by atoms with Gasteiger partial charge >= 0.3 is 69.3 Å². The van der Waals surface area contributed by atoms with E-state index < -0.39 is 10.4 Å². The Balaban J connectivity index is 3.14. The van der Waals surface area contributed by atoms with Gasteiger partial charge in [0.25, 0.3) is 0 Å². The quantitative estimate of drug-likeness (QED) is 0.483. The molecular formula is C2H2Cl3OTi. The SMILES string of the molecule is ClC(Cl)C(Cl)[O][Ti]. The van der Waals surface area contributed by atoms with Gasteiger partial charge in [-0.25, -0.2) is 0 Å². The molecule has 0 aliphatic rings. The predicted molar refractivity (Wildman–Crippen MR) is 26.2 cm³/mol. The van der Waals surface area contributed by atoms with E-state index in [9.17, 15) is 0 Å². The van der Waals surface area contributed by atoms with Crippen LogP contribution in [0.4, 0.5) is 0 Å². The Kier molecular flexibility index (Phi) is 5.40. The van der Waals surface area contributed by atoms with Crippen LogP contribution >= 0.6 is 34.8 Å². The molecule has 0 aliphatic carbocycles. The van der Waals surface area contributed by atoms with Crippen LogP contribution in [0.25, 0.3) is 0 Å². The molecule has 1 nitrogen and oxygen atoms in total. The second kappa shape index (κ2) is 4.43. The summed E-state index contributed by atoms with van der Waals surface area (Å²) in [6.07, 6.45) is 0. The summed E-state index contributed by atoms with van der Waals surface area (Å²) in [5, 5.41) is 0. The number of hydrogen-bond acceptors (Lipinski definition) is 1. The third-order valence-corrected chi connectivity index (χ3v) is 2.00. The van der Waals surface area contributed by atoms with Crippen molar-refractivity contribution in [2.24, 2.45) is 0 Å². The first-order valence-electron chi connectivity index (χ1n) is 1.43. The molecule has 0 saturated heterocycles. The van der Waals surface area contributed by atoms with Crippen LogP contribution in [0.15, 0.2) is 0 Å². The maximum atomic E-state index is 5.31. The normalized spacial score (nSPS) is 14.7. The molecule has 0 spiro atoms. The monoisotopic (exact) mass is 195 g/mol. The van der Waals surface area contributed by atoms with Gasteiger partial charge in [-0.05, 0) is 0 Å². The van der Waals surface area contributed by atoms with Gasteiger partial charge in [-0.1, -0.05) is 0 Å². The van der Waals surface area contributed by atoms with Crippen molar-refractivity contribution >= 4 is 34.8 Å². The van der Waals surface area contributed by atoms with Crippen molar-refractivity contribution in [1.29, 1.82) is 0 Å². The van der Waals surface area contributed by atoms with Crippen LogP contribution in [-0.4, -0.2) is 10.4 Å². The Hall–Kier alpha value is 1.54. The van der Waals surface area contributed by atoms with E-state index in [1.807, 2.05) is 0 Å². The average Bonchev–Trinajstić information content (AvgIpc) is 1.65. The first-order valence-corrected chi connectivity index (χ1v) is 3.37. The zero-order valence-corrected chi connectivity index (χ0v) is 7.03. The van der Waals surface area contributed by atoms with Crippen LogP contribution in [-0.2, 0) is 24.1 Å². The summed E-state index contributed by atoms with van der Waals surface area (Å²) in [6, 6.07) is 0. The zero-order valence-electron chi connectivity index (χ0n) is 3.20. The molecule has 5 heteroatoms. The molecule has 0 bridgehead atoms. The minimum atomic E-state index is -0.647. The third kappa shape index (κ3) is 4.07. The summed E-state index contributed by atoms with van der Waals surface area (Å²) >= 11 is 17.2. The van der Waals surface area contributed by atoms with Gasteiger partial charge in [0.1, 0.15) is 0 Å². The zero-order chi connectivity index (χ0) is 5.86. The Morgan fingerprint density at radius 3 is 1.71 bits per heavy atom. The van der Waals surface area contributed by atoms with Crippen molar-refractivity contribution < 1.29 is 24.1 Å². The molecule has 41 valence electrons. The summed E-state index contributed by atoms with van der Waals surface area (Å²) in [5.74, 6) is 0. The van der Waals surface area contributed by atoms with Gasteiger partial charge in [-0.15, -0.1) is 0 Å². The number of hydrogen-bond donors (Lipinski definition) is 0. The minimum absolute atomic E-state index is 0.594. The molecule has 1 unspecified atom stereocenters. The summed E-state index contributed by atoms with van der Waals surface area (Å²) in [5.41, 5.74) is -0.594. The molecule has 0 rings (SSSR count). The molecule has 0 aliphatic heterocycles. The molecule has 0 aromatic heterocycles. The molecule has 0 saturated carbocycles. The molecular weight excluding hydrogens is 194 g/mol. The summed E-state index contributed by atoms with van der Waals surface area (Å²) in [6.45, 7) is 0. The number of halogens is 3. The van der Waals surface area contributed by atoms with Crippen LogP contribution in [0.5, 0.6) is 0 Å². The van der Waals surface area contributed by atoms with Crippen molar-refractivity contribution in [1.82, 2.24) is 0 Å². The average molecular weight is 196 g/mol. The van der Waals surface area contributed by atoms with Crippen molar-refractivity contribution in [3.05, 3.63) is 0 Å². The van der Waals surface area contributed by atoms with E-state index in [2.05, 4.69) is 3.32 Å². The summed E-state index contributed by atoms with van der Waals surface area (Å²) in [4.78, 5) is -0.647. The second-order valence-electron chi connectivity index (χ2n) is 0.803. The van der Waals surface area contributed by atoms with E-state index >= 15 is 0 Å². The fourth-order valence-corrected chi connectivity index (χ4v) is 0.636. The number of alkyl halides is 3. The number of rotatable bonds is 2. The van der Waals surface area contributed by atoms with Gasteiger partial charge in [0, 0.05) is 0 Å². The Bertz CT molecular complexity index is 50.2. The van der Waals surface area contributed by atoms with E-state index in [0.717, 1.165) is 0 Å². The molecule has 0 fully saturated rings. The Labute approximate surface area is 69.1 Å². The predicted octanol–water partition coefficient (Wildman–Crippen LogP) is 1.83. The van der Waals surface area contributed by atoms with E-state index in [0.29, 0.717) is 0 Å². The van der Waals surface area contributed by atoms with Crippen LogP contribution in [0.1, 0.15) is 0 Å². The van der Waals surface area contributed by atoms with Crippen molar-refractivity contribution in [2.45, 2.75) is 10.4 Å². The molecule has 0 aromatic carbocycles. The molecule has 0 amide bonds. The van der Waals surface area contributed by atoms with Gasteiger partial charge < -0.3 is 0 Å². The Morgan fingerprint density at radius 1 is 1.29 bits per heavy atom. The van der Waals surface area contributed by atoms with Gasteiger partial charge in [0.2, 0.25) is 0 Å². The van der Waals surface area contributed by atoms with Crippen LogP contribution in [0, 0.1) is 0 Å². The molecule has 0 aromatic rings.